The van der Waals surface area contributed by atoms with E-state index >= 15 is 0 Å². The van der Waals surface area contributed by atoms with E-state index in [1.807, 2.05) is 30.3 Å². The Hall–Kier alpha value is -2.40. The number of carbonyl (C=O) groups excluding carboxylic acids is 1. The molecule has 0 saturated carbocycles. The van der Waals surface area contributed by atoms with Crippen LogP contribution in [0.15, 0.2) is 54.9 Å². The zero-order valence-corrected chi connectivity index (χ0v) is 12.8. The minimum Gasteiger partial charge on any atom is -0.619 e. The van der Waals surface area contributed by atoms with Crippen molar-refractivity contribution in [2.45, 2.75) is 18.9 Å². The van der Waals surface area contributed by atoms with Gasteiger partial charge < -0.3 is 15.2 Å². The highest BCUT2D eigenvalue weighted by Gasteiger charge is 2.29. The molecule has 1 aromatic carbocycles. The van der Waals surface area contributed by atoms with Gasteiger partial charge in [-0.05, 0) is 30.4 Å². The number of nitrogens with zero attached hydrogens (tertiary/aromatic N) is 2. The van der Waals surface area contributed by atoms with Crippen LogP contribution in [-0.4, -0.2) is 29.0 Å². The summed E-state index contributed by atoms with van der Waals surface area (Å²) in [5, 5.41) is 21.8. The number of amides is 1. The van der Waals surface area contributed by atoms with E-state index in [1.165, 1.54) is 12.4 Å². The molecule has 1 atom stereocenters. The van der Waals surface area contributed by atoms with Crippen molar-refractivity contribution in [1.82, 2.24) is 4.90 Å². The SMILES string of the molecule is O=C(c1ccc[n+]([O-])c1)N1CCC(C(O)c2ccccc2)CC1. The molecular formula is C18H20N2O3. The average Bonchev–Trinajstić information content (AvgIpc) is 2.61. The number of likely N-dealkylation sites (tertiary alicyclic amines) is 1. The third-order valence-electron chi connectivity index (χ3n) is 4.44. The van der Waals surface area contributed by atoms with Crippen molar-refractivity contribution in [1.29, 1.82) is 0 Å². The first-order valence-electron chi connectivity index (χ1n) is 7.86. The van der Waals surface area contributed by atoms with Crippen LogP contribution in [0, 0.1) is 11.1 Å². The number of aromatic nitrogens is 1. The van der Waals surface area contributed by atoms with E-state index in [-0.39, 0.29) is 11.8 Å². The van der Waals surface area contributed by atoms with Crippen molar-refractivity contribution in [2.24, 2.45) is 5.92 Å². The molecule has 0 radical (unpaired) electrons. The predicted octanol–water partition coefficient (Wildman–Crippen LogP) is 1.91. The van der Waals surface area contributed by atoms with Crippen molar-refractivity contribution in [3.8, 4) is 0 Å². The van der Waals surface area contributed by atoms with Crippen molar-refractivity contribution in [3.05, 3.63) is 71.2 Å². The fourth-order valence-corrected chi connectivity index (χ4v) is 3.10. The summed E-state index contributed by atoms with van der Waals surface area (Å²) in [5.41, 5.74) is 1.33. The number of aliphatic hydroxyl groups excluding tert-OH is 1. The van der Waals surface area contributed by atoms with Crippen LogP contribution >= 0.6 is 0 Å². The molecule has 5 nitrogen and oxygen atoms in total. The Labute approximate surface area is 135 Å². The highest BCUT2D eigenvalue weighted by molar-refractivity contribution is 5.93. The largest absolute Gasteiger partial charge is 0.619 e. The Bertz CT molecular complexity index is 667. The van der Waals surface area contributed by atoms with E-state index in [4.69, 9.17) is 0 Å². The third-order valence-corrected chi connectivity index (χ3v) is 4.44. The summed E-state index contributed by atoms with van der Waals surface area (Å²) in [4.78, 5) is 14.2. The summed E-state index contributed by atoms with van der Waals surface area (Å²) in [5.74, 6) is 0.0320. The maximum absolute atomic E-state index is 12.4. The van der Waals surface area contributed by atoms with Crippen LogP contribution < -0.4 is 4.73 Å². The molecular weight excluding hydrogens is 292 g/mol. The molecule has 1 aliphatic rings. The number of benzene rings is 1. The molecule has 2 aromatic rings. The zero-order chi connectivity index (χ0) is 16.2. The predicted molar refractivity (Wildman–Crippen MR) is 85.4 cm³/mol. The Morgan fingerprint density at radius 3 is 2.52 bits per heavy atom. The van der Waals surface area contributed by atoms with Crippen LogP contribution in [0.25, 0.3) is 0 Å². The number of aliphatic hydroxyl groups is 1. The quantitative estimate of drug-likeness (QED) is 0.695. The van der Waals surface area contributed by atoms with E-state index in [1.54, 1.807) is 17.0 Å². The molecule has 0 spiro atoms. The summed E-state index contributed by atoms with van der Waals surface area (Å²) in [6, 6.07) is 12.9. The van der Waals surface area contributed by atoms with Gasteiger partial charge in [0.05, 0.1) is 6.10 Å². The second-order valence-electron chi connectivity index (χ2n) is 5.94. The highest BCUT2D eigenvalue weighted by atomic mass is 16.5. The molecule has 120 valence electrons. The van der Waals surface area contributed by atoms with E-state index < -0.39 is 6.10 Å². The first-order valence-corrected chi connectivity index (χ1v) is 7.86. The van der Waals surface area contributed by atoms with E-state index in [0.717, 1.165) is 18.4 Å². The standard InChI is InChI=1S/C18H20N2O3/c21-17(14-5-2-1-3-6-14)15-8-11-19(12-9-15)18(22)16-7-4-10-20(23)13-16/h1-7,10,13,15,17,21H,8-9,11-12H2. The molecule has 1 fully saturated rings. The smallest absolute Gasteiger partial charge is 0.259 e. The Morgan fingerprint density at radius 2 is 1.87 bits per heavy atom. The van der Waals surface area contributed by atoms with Gasteiger partial charge in [-0.25, -0.2) is 0 Å². The average molecular weight is 312 g/mol. The Kier molecular flexibility index (Phi) is 4.57. The number of piperidine rings is 1. The third kappa shape index (κ3) is 3.51. The molecule has 3 rings (SSSR count). The van der Waals surface area contributed by atoms with Gasteiger partial charge in [0.2, 0.25) is 0 Å². The normalized spacial score (nSPS) is 17.0. The second-order valence-corrected chi connectivity index (χ2v) is 5.94. The van der Waals surface area contributed by atoms with Crippen molar-refractivity contribution in [3.63, 3.8) is 0 Å². The lowest BCUT2D eigenvalue weighted by Gasteiger charge is -2.34. The van der Waals surface area contributed by atoms with Crippen LogP contribution in [-0.2, 0) is 0 Å². The van der Waals surface area contributed by atoms with Crippen LogP contribution in [0.4, 0.5) is 0 Å². The van der Waals surface area contributed by atoms with Gasteiger partial charge in [0.1, 0.15) is 5.56 Å². The molecule has 5 heteroatoms. The summed E-state index contributed by atoms with van der Waals surface area (Å²) in [6.07, 6.45) is 3.68. The van der Waals surface area contributed by atoms with Gasteiger partial charge in [-0.1, -0.05) is 30.3 Å². The lowest BCUT2D eigenvalue weighted by Crippen LogP contribution is -2.40. The Balaban J connectivity index is 1.61. The van der Waals surface area contributed by atoms with Crippen molar-refractivity contribution in [2.75, 3.05) is 13.1 Å². The summed E-state index contributed by atoms with van der Waals surface area (Å²) >= 11 is 0. The first-order chi connectivity index (χ1) is 11.1. The maximum Gasteiger partial charge on any atom is 0.259 e. The van der Waals surface area contributed by atoms with Gasteiger partial charge in [-0.15, -0.1) is 0 Å². The highest BCUT2D eigenvalue weighted by Crippen LogP contribution is 2.30. The van der Waals surface area contributed by atoms with Gasteiger partial charge in [0, 0.05) is 19.2 Å². The van der Waals surface area contributed by atoms with Gasteiger partial charge in [0.25, 0.3) is 5.91 Å². The molecule has 1 unspecified atom stereocenters. The van der Waals surface area contributed by atoms with Crippen molar-refractivity contribution < 1.29 is 14.6 Å². The molecule has 1 aliphatic heterocycles. The monoisotopic (exact) mass is 312 g/mol. The molecule has 23 heavy (non-hydrogen) atoms. The number of carbonyl (C=O) groups is 1. The van der Waals surface area contributed by atoms with Gasteiger partial charge >= 0.3 is 0 Å². The second kappa shape index (κ2) is 6.79. The fourth-order valence-electron chi connectivity index (χ4n) is 3.10. The molecule has 0 bridgehead atoms. The van der Waals surface area contributed by atoms with Crippen LogP contribution in [0.3, 0.4) is 0 Å². The van der Waals surface area contributed by atoms with Crippen LogP contribution in [0.5, 0.6) is 0 Å². The summed E-state index contributed by atoms with van der Waals surface area (Å²) < 4.78 is 0.638. The Morgan fingerprint density at radius 1 is 1.17 bits per heavy atom. The minimum atomic E-state index is -0.492. The number of rotatable bonds is 3. The van der Waals surface area contributed by atoms with E-state index in [9.17, 15) is 15.1 Å². The minimum absolute atomic E-state index is 0.122. The van der Waals surface area contributed by atoms with Crippen LogP contribution in [0.2, 0.25) is 0 Å². The van der Waals surface area contributed by atoms with E-state index in [2.05, 4.69) is 0 Å². The van der Waals surface area contributed by atoms with Crippen molar-refractivity contribution >= 4 is 5.91 Å². The summed E-state index contributed by atoms with van der Waals surface area (Å²) in [7, 11) is 0. The van der Waals surface area contributed by atoms with Gasteiger partial charge in [0.15, 0.2) is 12.4 Å². The zero-order valence-electron chi connectivity index (χ0n) is 12.8. The fraction of sp³-hybridized carbons (Fsp3) is 0.333. The van der Waals surface area contributed by atoms with Gasteiger partial charge in [-0.2, -0.15) is 4.73 Å². The lowest BCUT2D eigenvalue weighted by atomic mass is 9.87. The number of pyridine rings is 1. The summed E-state index contributed by atoms with van der Waals surface area (Å²) in [6.45, 7) is 1.20. The molecule has 1 aromatic heterocycles. The number of hydrogen-bond acceptors (Lipinski definition) is 3. The molecule has 1 amide bonds. The van der Waals surface area contributed by atoms with Gasteiger partial charge in [-0.3, -0.25) is 4.79 Å². The molecule has 1 N–H and O–H groups in total. The van der Waals surface area contributed by atoms with Crippen LogP contribution in [0.1, 0.15) is 34.9 Å². The molecule has 1 saturated heterocycles. The topological polar surface area (TPSA) is 67.5 Å². The molecule has 0 aliphatic carbocycles. The maximum atomic E-state index is 12.4. The van der Waals surface area contributed by atoms with E-state index in [0.29, 0.717) is 23.4 Å². The first kappa shape index (κ1) is 15.5. The molecule has 2 heterocycles. The number of hydrogen-bond donors (Lipinski definition) is 1. The lowest BCUT2D eigenvalue weighted by molar-refractivity contribution is -0.605.